The zero-order valence-electron chi connectivity index (χ0n) is 14.8. The molecule has 2 aliphatic rings. The molecule has 1 N–H and O–H groups in total. The van der Waals surface area contributed by atoms with E-state index in [9.17, 15) is 9.59 Å². The van der Waals surface area contributed by atoms with E-state index >= 15 is 0 Å². The van der Waals surface area contributed by atoms with E-state index in [0.29, 0.717) is 0 Å². The van der Waals surface area contributed by atoms with Crippen LogP contribution < -0.4 is 10.5 Å². The first kappa shape index (κ1) is 16.6. The van der Waals surface area contributed by atoms with E-state index in [-0.39, 0.29) is 29.1 Å². The third-order valence-corrected chi connectivity index (χ3v) is 5.43. The van der Waals surface area contributed by atoms with Crippen molar-refractivity contribution in [2.24, 2.45) is 0 Å². The number of aromatic amines is 1. The molecule has 4 rings (SSSR count). The van der Waals surface area contributed by atoms with Crippen LogP contribution in [0.2, 0.25) is 0 Å². The highest BCUT2D eigenvalue weighted by Gasteiger charge is 2.44. The van der Waals surface area contributed by atoms with Crippen LogP contribution in [0.3, 0.4) is 0 Å². The van der Waals surface area contributed by atoms with Gasteiger partial charge in [-0.2, -0.15) is 5.26 Å². The maximum Gasteiger partial charge on any atom is 0.264 e. The lowest BCUT2D eigenvalue weighted by Crippen LogP contribution is -2.48. The summed E-state index contributed by atoms with van der Waals surface area (Å²) in [6, 6.07) is 11.0. The summed E-state index contributed by atoms with van der Waals surface area (Å²) in [5.74, 6) is -0.0389. The van der Waals surface area contributed by atoms with Crippen LogP contribution in [0.25, 0.3) is 0 Å². The third kappa shape index (κ3) is 2.52. The van der Waals surface area contributed by atoms with Gasteiger partial charge in [-0.3, -0.25) is 9.59 Å². The Hall–Kier alpha value is -2.91. The molecule has 0 bridgehead atoms. The minimum absolute atomic E-state index is 0.0607. The summed E-state index contributed by atoms with van der Waals surface area (Å²) in [5.41, 5.74) is 2.96. The molecule has 0 radical (unpaired) electrons. The van der Waals surface area contributed by atoms with Crippen molar-refractivity contribution in [3.8, 4) is 6.07 Å². The zero-order chi connectivity index (χ0) is 18.4. The maximum absolute atomic E-state index is 13.3. The smallest absolute Gasteiger partial charge is 0.264 e. The number of likely N-dealkylation sites (N-methyl/N-ethyl adjacent to an activating group) is 1. The number of nitriles is 1. The molecule has 2 aliphatic heterocycles. The Kier molecular flexibility index (Phi) is 3.89. The van der Waals surface area contributed by atoms with Gasteiger partial charge >= 0.3 is 0 Å². The molecule has 2 unspecified atom stereocenters. The molecule has 26 heavy (non-hydrogen) atoms. The molecule has 1 fully saturated rings. The predicted molar refractivity (Wildman–Crippen MR) is 98.4 cm³/mol. The van der Waals surface area contributed by atoms with Crippen molar-refractivity contribution < 1.29 is 4.79 Å². The summed E-state index contributed by atoms with van der Waals surface area (Å²) in [5, 5.41) is 8.92. The molecule has 0 spiro atoms. The van der Waals surface area contributed by atoms with Crippen molar-refractivity contribution in [2.45, 2.75) is 25.3 Å². The number of aryl methyl sites for hydroxylation is 1. The van der Waals surface area contributed by atoms with Crippen LogP contribution in [-0.2, 0) is 0 Å². The first-order valence-corrected chi connectivity index (χ1v) is 8.75. The first-order chi connectivity index (χ1) is 12.5. The molecule has 6 nitrogen and oxygen atoms in total. The quantitative estimate of drug-likeness (QED) is 0.855. The van der Waals surface area contributed by atoms with E-state index in [4.69, 9.17) is 5.26 Å². The summed E-state index contributed by atoms with van der Waals surface area (Å²) in [6.07, 6.45) is 0.870. The molecule has 1 aromatic heterocycles. The van der Waals surface area contributed by atoms with Gasteiger partial charge in [0.15, 0.2) is 0 Å². The summed E-state index contributed by atoms with van der Waals surface area (Å²) in [7, 11) is 2.10. The van der Waals surface area contributed by atoms with E-state index in [1.165, 1.54) is 23.3 Å². The first-order valence-electron chi connectivity index (χ1n) is 8.75. The molecule has 0 aliphatic carbocycles. The Morgan fingerprint density at radius 2 is 2.12 bits per heavy atom. The van der Waals surface area contributed by atoms with Gasteiger partial charge in [0.05, 0.1) is 0 Å². The lowest BCUT2D eigenvalue weighted by molar-refractivity contribution is 0.0963. The second-order valence-corrected chi connectivity index (χ2v) is 7.19. The highest BCUT2D eigenvalue weighted by molar-refractivity contribution is 6.08. The minimum Gasteiger partial charge on any atom is -0.313 e. The number of piperidine rings is 1. The summed E-state index contributed by atoms with van der Waals surface area (Å²) >= 11 is 0. The van der Waals surface area contributed by atoms with Crippen molar-refractivity contribution in [2.75, 3.05) is 25.0 Å². The van der Waals surface area contributed by atoms with Crippen LogP contribution >= 0.6 is 0 Å². The molecule has 0 saturated carbocycles. The normalized spacial score (nSPS) is 21.8. The number of aromatic nitrogens is 1. The number of nitrogens with one attached hydrogen (secondary N) is 1. The molecular formula is C20H20N4O2. The van der Waals surface area contributed by atoms with Crippen molar-refractivity contribution in [3.63, 3.8) is 0 Å². The topological polar surface area (TPSA) is 80.2 Å². The zero-order valence-corrected chi connectivity index (χ0v) is 14.8. The number of carbonyl (C=O) groups excluding carboxylic acids is 1. The second-order valence-electron chi connectivity index (χ2n) is 7.19. The van der Waals surface area contributed by atoms with Gasteiger partial charge in [-0.05, 0) is 50.7 Å². The Balaban J connectivity index is 1.80. The highest BCUT2D eigenvalue weighted by Crippen LogP contribution is 2.45. The van der Waals surface area contributed by atoms with Crippen LogP contribution in [0.1, 0.15) is 39.5 Å². The number of nitrogens with zero attached hydrogens (tertiary/aromatic N) is 3. The van der Waals surface area contributed by atoms with Crippen LogP contribution in [0.5, 0.6) is 0 Å². The SMILES string of the molecule is Cc1ccc2c(c1)C1CN(C)CCC1N2C(=O)c1ccc(C#N)[nH]c1=O. The molecule has 1 saturated heterocycles. The molecule has 132 valence electrons. The predicted octanol–water partition coefficient (Wildman–Crippen LogP) is 2.00. The Morgan fingerprint density at radius 3 is 2.85 bits per heavy atom. The van der Waals surface area contributed by atoms with Crippen molar-refractivity contribution in [3.05, 3.63) is 63.1 Å². The number of likely N-dealkylation sites (tertiary alicyclic amines) is 1. The molecule has 2 atom stereocenters. The fourth-order valence-electron chi connectivity index (χ4n) is 4.18. The van der Waals surface area contributed by atoms with Gasteiger partial charge in [-0.1, -0.05) is 17.7 Å². The number of benzene rings is 1. The number of rotatable bonds is 1. The number of hydrogen-bond acceptors (Lipinski definition) is 4. The fourth-order valence-corrected chi connectivity index (χ4v) is 4.18. The van der Waals surface area contributed by atoms with Crippen LogP contribution in [-0.4, -0.2) is 42.0 Å². The maximum atomic E-state index is 13.3. The van der Waals surface area contributed by atoms with E-state index < -0.39 is 5.56 Å². The lowest BCUT2D eigenvalue weighted by atomic mass is 9.89. The van der Waals surface area contributed by atoms with Gasteiger partial charge in [0.1, 0.15) is 17.3 Å². The molecule has 2 aromatic rings. The number of amides is 1. The van der Waals surface area contributed by atoms with E-state index in [1.807, 2.05) is 18.2 Å². The summed E-state index contributed by atoms with van der Waals surface area (Å²) < 4.78 is 0. The van der Waals surface area contributed by atoms with Gasteiger partial charge in [0.2, 0.25) is 0 Å². The molecule has 1 amide bonds. The van der Waals surface area contributed by atoms with E-state index in [2.05, 4.69) is 29.9 Å². The van der Waals surface area contributed by atoms with Crippen molar-refractivity contribution >= 4 is 11.6 Å². The molecule has 3 heterocycles. The van der Waals surface area contributed by atoms with Gasteiger partial charge in [-0.25, -0.2) is 0 Å². The average Bonchev–Trinajstić information content (AvgIpc) is 2.94. The molecular weight excluding hydrogens is 328 g/mol. The number of pyridine rings is 1. The minimum atomic E-state index is -0.515. The second kappa shape index (κ2) is 6.11. The summed E-state index contributed by atoms with van der Waals surface area (Å²) in [4.78, 5) is 32.1. The van der Waals surface area contributed by atoms with Crippen LogP contribution in [0.4, 0.5) is 5.69 Å². The standard InChI is InChI=1S/C20H20N4O2/c1-12-3-6-17-15(9-12)16-11-23(2)8-7-18(16)24(17)20(26)14-5-4-13(10-21)22-19(14)25/h3-6,9,16,18H,7-8,11H2,1-2H3,(H,22,25). The largest absolute Gasteiger partial charge is 0.313 e. The number of hydrogen-bond donors (Lipinski definition) is 1. The number of H-pyrrole nitrogens is 1. The number of fused-ring (bicyclic) bond motifs is 3. The van der Waals surface area contributed by atoms with Crippen molar-refractivity contribution in [1.29, 1.82) is 5.26 Å². The Labute approximate surface area is 151 Å². The van der Waals surface area contributed by atoms with Gasteiger partial charge in [0.25, 0.3) is 11.5 Å². The fraction of sp³-hybridized carbons (Fsp3) is 0.350. The van der Waals surface area contributed by atoms with Gasteiger partial charge < -0.3 is 14.8 Å². The third-order valence-electron chi connectivity index (χ3n) is 5.43. The van der Waals surface area contributed by atoms with Gasteiger partial charge in [0, 0.05) is 24.2 Å². The van der Waals surface area contributed by atoms with E-state index in [1.54, 1.807) is 4.90 Å². The number of carbonyl (C=O) groups is 1. The lowest BCUT2D eigenvalue weighted by Gasteiger charge is -2.36. The van der Waals surface area contributed by atoms with Gasteiger partial charge in [-0.15, -0.1) is 0 Å². The number of anilines is 1. The monoisotopic (exact) mass is 348 g/mol. The Bertz CT molecular complexity index is 988. The molecule has 1 aromatic carbocycles. The highest BCUT2D eigenvalue weighted by atomic mass is 16.2. The average molecular weight is 348 g/mol. The molecule has 6 heteroatoms. The van der Waals surface area contributed by atoms with Crippen LogP contribution in [0.15, 0.2) is 35.1 Å². The van der Waals surface area contributed by atoms with Crippen molar-refractivity contribution in [1.82, 2.24) is 9.88 Å². The van der Waals surface area contributed by atoms with E-state index in [0.717, 1.165) is 25.2 Å². The van der Waals surface area contributed by atoms with Crippen LogP contribution in [0, 0.1) is 18.3 Å². The summed E-state index contributed by atoms with van der Waals surface area (Å²) in [6.45, 7) is 3.87. The Morgan fingerprint density at radius 1 is 1.31 bits per heavy atom.